The first-order chi connectivity index (χ1) is 9.18. The van der Waals surface area contributed by atoms with Gasteiger partial charge in [-0.15, -0.1) is 11.6 Å². The lowest BCUT2D eigenvalue weighted by atomic mass is 9.78. The van der Waals surface area contributed by atoms with Crippen LogP contribution in [0.15, 0.2) is 12.1 Å². The number of carbonyl (C=O) groups excluding carboxylic acids is 1. The van der Waals surface area contributed by atoms with Gasteiger partial charge in [0.1, 0.15) is 11.5 Å². The maximum Gasteiger partial charge on any atom is 0.312 e. The zero-order chi connectivity index (χ0) is 15.1. The standard InChI is InChI=1S/C12H13ClO6S/c1-7-9(14)3-2-8-11(7)19-10(15)4-12(8,5-13)6-20(16,17)18/h2-3,14H,4-6H2,1H3,(H,16,17,18). The Labute approximate surface area is 121 Å². The van der Waals surface area contributed by atoms with E-state index in [2.05, 4.69) is 0 Å². The number of phenols is 1. The molecule has 1 atom stereocenters. The first-order valence-corrected chi connectivity index (χ1v) is 7.88. The normalized spacial score (nSPS) is 22.2. The Morgan fingerprint density at radius 1 is 1.45 bits per heavy atom. The van der Waals surface area contributed by atoms with Crippen LogP contribution in [0.25, 0.3) is 0 Å². The van der Waals surface area contributed by atoms with Crippen LogP contribution in [0.2, 0.25) is 0 Å². The number of fused-ring (bicyclic) bond motifs is 1. The van der Waals surface area contributed by atoms with E-state index in [4.69, 9.17) is 20.9 Å². The molecule has 0 fully saturated rings. The summed E-state index contributed by atoms with van der Waals surface area (Å²) in [6.45, 7) is 1.54. The number of aromatic hydroxyl groups is 1. The second-order valence-electron chi connectivity index (χ2n) is 4.88. The van der Waals surface area contributed by atoms with E-state index in [0.717, 1.165) is 0 Å². The van der Waals surface area contributed by atoms with Crippen molar-refractivity contribution in [3.8, 4) is 11.5 Å². The SMILES string of the molecule is Cc1c(O)ccc2c1OC(=O)CC2(CCl)CS(=O)(=O)O. The van der Waals surface area contributed by atoms with E-state index in [0.29, 0.717) is 11.1 Å². The van der Waals surface area contributed by atoms with Crippen molar-refractivity contribution in [2.75, 3.05) is 11.6 Å². The van der Waals surface area contributed by atoms with Crippen LogP contribution in [-0.4, -0.2) is 35.7 Å². The van der Waals surface area contributed by atoms with E-state index in [1.807, 2.05) is 0 Å². The second kappa shape index (κ2) is 4.91. The third-order valence-corrected chi connectivity index (χ3v) is 4.79. The van der Waals surface area contributed by atoms with Gasteiger partial charge in [-0.25, -0.2) is 0 Å². The Morgan fingerprint density at radius 2 is 2.10 bits per heavy atom. The molecule has 8 heteroatoms. The Kier molecular flexibility index (Phi) is 3.70. The van der Waals surface area contributed by atoms with Gasteiger partial charge in [-0.2, -0.15) is 8.42 Å². The van der Waals surface area contributed by atoms with E-state index < -0.39 is 27.3 Å². The van der Waals surface area contributed by atoms with Gasteiger partial charge in [-0.3, -0.25) is 9.35 Å². The first-order valence-electron chi connectivity index (χ1n) is 5.73. The molecule has 1 aliphatic heterocycles. The molecular formula is C12H13ClO6S. The highest BCUT2D eigenvalue weighted by Crippen LogP contribution is 2.45. The number of phenolic OH excluding ortho intramolecular Hbond substituents is 1. The molecule has 0 aliphatic carbocycles. The highest BCUT2D eigenvalue weighted by molar-refractivity contribution is 7.85. The van der Waals surface area contributed by atoms with Crippen LogP contribution in [0.4, 0.5) is 0 Å². The molecule has 0 amide bonds. The average molecular weight is 321 g/mol. The fraction of sp³-hybridized carbons (Fsp3) is 0.417. The molecule has 2 N–H and O–H groups in total. The van der Waals surface area contributed by atoms with Crippen LogP contribution in [0.5, 0.6) is 11.5 Å². The Morgan fingerprint density at radius 3 is 2.65 bits per heavy atom. The minimum Gasteiger partial charge on any atom is -0.508 e. The van der Waals surface area contributed by atoms with Gasteiger partial charge in [0.15, 0.2) is 0 Å². The lowest BCUT2D eigenvalue weighted by Gasteiger charge is -2.35. The van der Waals surface area contributed by atoms with Gasteiger partial charge < -0.3 is 9.84 Å². The van der Waals surface area contributed by atoms with Crippen molar-refractivity contribution in [1.29, 1.82) is 0 Å². The minimum atomic E-state index is -4.34. The zero-order valence-corrected chi connectivity index (χ0v) is 12.2. The number of hydrogen-bond acceptors (Lipinski definition) is 5. The van der Waals surface area contributed by atoms with Crippen LogP contribution in [0.3, 0.4) is 0 Å². The number of rotatable bonds is 3. The van der Waals surface area contributed by atoms with Crippen molar-refractivity contribution in [2.24, 2.45) is 0 Å². The summed E-state index contributed by atoms with van der Waals surface area (Å²) in [4.78, 5) is 11.7. The highest BCUT2D eigenvalue weighted by atomic mass is 35.5. The van der Waals surface area contributed by atoms with Crippen LogP contribution < -0.4 is 4.74 Å². The summed E-state index contributed by atoms with van der Waals surface area (Å²) in [6.07, 6.45) is -0.256. The maximum absolute atomic E-state index is 11.7. The van der Waals surface area contributed by atoms with Crippen molar-refractivity contribution in [1.82, 2.24) is 0 Å². The summed E-state index contributed by atoms with van der Waals surface area (Å²) in [5, 5.41) is 9.65. The minimum absolute atomic E-state index is 0.0752. The highest BCUT2D eigenvalue weighted by Gasteiger charge is 2.45. The maximum atomic E-state index is 11.7. The lowest BCUT2D eigenvalue weighted by Crippen LogP contribution is -2.43. The molecule has 1 heterocycles. The fourth-order valence-electron chi connectivity index (χ4n) is 2.39. The van der Waals surface area contributed by atoms with Crippen molar-refractivity contribution in [3.63, 3.8) is 0 Å². The summed E-state index contributed by atoms with van der Waals surface area (Å²) >= 11 is 5.88. The quantitative estimate of drug-likeness (QED) is 0.377. The zero-order valence-electron chi connectivity index (χ0n) is 10.6. The van der Waals surface area contributed by atoms with Gasteiger partial charge in [-0.05, 0) is 13.0 Å². The molecule has 1 aromatic rings. The molecule has 20 heavy (non-hydrogen) atoms. The molecule has 0 saturated heterocycles. The smallest absolute Gasteiger partial charge is 0.312 e. The van der Waals surface area contributed by atoms with Crippen LogP contribution in [-0.2, 0) is 20.3 Å². The van der Waals surface area contributed by atoms with Crippen molar-refractivity contribution >= 4 is 27.7 Å². The number of hydrogen-bond donors (Lipinski definition) is 2. The average Bonchev–Trinajstić information content (AvgIpc) is 2.32. The van der Waals surface area contributed by atoms with E-state index in [-0.39, 0.29) is 23.8 Å². The molecule has 110 valence electrons. The largest absolute Gasteiger partial charge is 0.508 e. The topological polar surface area (TPSA) is 101 Å². The molecule has 1 unspecified atom stereocenters. The fourth-order valence-corrected chi connectivity index (χ4v) is 3.89. The van der Waals surface area contributed by atoms with Gasteiger partial charge in [-0.1, -0.05) is 6.07 Å². The Bertz CT molecular complexity index is 669. The third kappa shape index (κ3) is 2.61. The van der Waals surface area contributed by atoms with Crippen molar-refractivity contribution < 1.29 is 27.6 Å². The summed E-state index contributed by atoms with van der Waals surface area (Å²) in [7, 11) is -4.34. The molecule has 0 radical (unpaired) electrons. The van der Waals surface area contributed by atoms with Crippen molar-refractivity contribution in [3.05, 3.63) is 23.3 Å². The second-order valence-corrected chi connectivity index (χ2v) is 6.60. The molecule has 0 spiro atoms. The number of carbonyl (C=O) groups is 1. The summed E-state index contributed by atoms with van der Waals surface area (Å²) in [6, 6.07) is 2.83. The van der Waals surface area contributed by atoms with Gasteiger partial charge in [0.2, 0.25) is 0 Å². The van der Waals surface area contributed by atoms with E-state index in [1.165, 1.54) is 12.1 Å². The predicted molar refractivity (Wildman–Crippen MR) is 71.9 cm³/mol. The number of ether oxygens (including phenoxy) is 1. The molecule has 0 saturated carbocycles. The molecule has 0 bridgehead atoms. The molecule has 2 rings (SSSR count). The van der Waals surface area contributed by atoms with E-state index in [1.54, 1.807) is 6.92 Å². The Balaban J connectivity index is 2.68. The number of benzene rings is 1. The molecule has 1 aliphatic rings. The van der Waals surface area contributed by atoms with Gasteiger partial charge in [0.05, 0.1) is 12.2 Å². The third-order valence-electron chi connectivity index (χ3n) is 3.36. The van der Waals surface area contributed by atoms with Crippen molar-refractivity contribution in [2.45, 2.75) is 18.8 Å². The Hall–Kier alpha value is -1.31. The molecule has 1 aromatic carbocycles. The number of esters is 1. The van der Waals surface area contributed by atoms with Gasteiger partial charge in [0.25, 0.3) is 10.1 Å². The van der Waals surface area contributed by atoms with Crippen LogP contribution >= 0.6 is 11.6 Å². The number of halogens is 1. The molecular weight excluding hydrogens is 308 g/mol. The predicted octanol–water partition coefficient (Wildman–Crippen LogP) is 1.37. The van der Waals surface area contributed by atoms with Gasteiger partial charge in [0, 0.05) is 22.4 Å². The summed E-state index contributed by atoms with van der Waals surface area (Å²) in [5.74, 6) is -1.50. The lowest BCUT2D eigenvalue weighted by molar-refractivity contribution is -0.136. The molecule has 6 nitrogen and oxygen atoms in total. The number of alkyl halides is 1. The first kappa shape index (κ1) is 15.1. The van der Waals surface area contributed by atoms with Crippen LogP contribution in [0.1, 0.15) is 17.5 Å². The van der Waals surface area contributed by atoms with Crippen LogP contribution in [0, 0.1) is 6.92 Å². The van der Waals surface area contributed by atoms with Gasteiger partial charge >= 0.3 is 5.97 Å². The summed E-state index contributed by atoms with van der Waals surface area (Å²) in [5.41, 5.74) is -0.557. The monoisotopic (exact) mass is 320 g/mol. The summed E-state index contributed by atoms with van der Waals surface area (Å²) < 4.78 is 36.6. The molecule has 0 aromatic heterocycles. The van der Waals surface area contributed by atoms with E-state index in [9.17, 15) is 18.3 Å². The van der Waals surface area contributed by atoms with E-state index >= 15 is 0 Å².